The van der Waals surface area contributed by atoms with Crippen LogP contribution in [0.3, 0.4) is 0 Å². The van der Waals surface area contributed by atoms with Crippen molar-refractivity contribution in [1.29, 1.82) is 0 Å². The molecule has 1 aliphatic rings. The second-order valence-electron chi connectivity index (χ2n) is 4.47. The molecule has 2 heteroatoms. The van der Waals surface area contributed by atoms with Gasteiger partial charge in [-0.2, -0.15) is 0 Å². The molecule has 0 radical (unpaired) electrons. The lowest BCUT2D eigenvalue weighted by atomic mass is 9.90. The fraction of sp³-hybridized carbons (Fsp3) is 1.00. The predicted octanol–water partition coefficient (Wildman–Crippen LogP) is 3.06. The van der Waals surface area contributed by atoms with Gasteiger partial charge in [-0.3, -0.25) is 0 Å². The average molecular weight is 199 g/mol. The maximum Gasteiger partial charge on any atom is 0.119 e. The van der Waals surface area contributed by atoms with Crippen molar-refractivity contribution in [3.05, 3.63) is 0 Å². The monoisotopic (exact) mass is 199 g/mol. The van der Waals surface area contributed by atoms with Crippen molar-refractivity contribution in [2.24, 2.45) is 11.7 Å². The molecule has 0 aromatic heterocycles. The molecule has 1 atom stereocenters. The Morgan fingerprint density at radius 1 is 1.29 bits per heavy atom. The van der Waals surface area contributed by atoms with E-state index >= 15 is 0 Å². The molecule has 1 rings (SSSR count). The zero-order valence-electron chi connectivity index (χ0n) is 9.72. The van der Waals surface area contributed by atoms with Crippen LogP contribution in [0.4, 0.5) is 0 Å². The van der Waals surface area contributed by atoms with Gasteiger partial charge in [0.25, 0.3) is 0 Å². The molecular weight excluding hydrogens is 174 g/mol. The molecule has 1 fully saturated rings. The Labute approximate surface area is 88.2 Å². The van der Waals surface area contributed by atoms with Crippen molar-refractivity contribution in [3.8, 4) is 0 Å². The summed E-state index contributed by atoms with van der Waals surface area (Å²) in [5.74, 6) is 0.606. The molecule has 0 bridgehead atoms. The van der Waals surface area contributed by atoms with Gasteiger partial charge >= 0.3 is 0 Å². The standard InChI is InChI=1S/C12H25NO/c1-3-5-10-12(13,14-4-2)11-8-6-7-9-11/h11H,3-10,13H2,1-2H3. The zero-order valence-corrected chi connectivity index (χ0v) is 9.72. The van der Waals surface area contributed by atoms with Crippen molar-refractivity contribution in [1.82, 2.24) is 0 Å². The molecule has 0 amide bonds. The second-order valence-corrected chi connectivity index (χ2v) is 4.47. The largest absolute Gasteiger partial charge is 0.361 e. The lowest BCUT2D eigenvalue weighted by molar-refractivity contribution is -0.0836. The molecule has 1 unspecified atom stereocenters. The number of unbranched alkanes of at least 4 members (excludes halogenated alkanes) is 1. The molecule has 0 spiro atoms. The molecule has 0 heterocycles. The molecule has 2 nitrogen and oxygen atoms in total. The summed E-state index contributed by atoms with van der Waals surface area (Å²) in [7, 11) is 0. The van der Waals surface area contributed by atoms with E-state index in [2.05, 4.69) is 6.92 Å². The molecule has 2 N–H and O–H groups in total. The average Bonchev–Trinajstić information content (AvgIpc) is 2.68. The van der Waals surface area contributed by atoms with Crippen molar-refractivity contribution >= 4 is 0 Å². The van der Waals surface area contributed by atoms with Crippen LogP contribution in [0, 0.1) is 5.92 Å². The minimum atomic E-state index is -0.318. The molecule has 84 valence electrons. The number of rotatable bonds is 6. The van der Waals surface area contributed by atoms with E-state index in [4.69, 9.17) is 10.5 Å². The number of nitrogens with two attached hydrogens (primary N) is 1. The van der Waals surface area contributed by atoms with E-state index in [0.717, 1.165) is 13.0 Å². The van der Waals surface area contributed by atoms with Crippen LogP contribution in [0.2, 0.25) is 0 Å². The predicted molar refractivity (Wildman–Crippen MR) is 60.0 cm³/mol. The van der Waals surface area contributed by atoms with Crippen LogP contribution in [0.1, 0.15) is 58.8 Å². The van der Waals surface area contributed by atoms with E-state index < -0.39 is 0 Å². The summed E-state index contributed by atoms with van der Waals surface area (Å²) in [5, 5.41) is 0. The first-order valence-electron chi connectivity index (χ1n) is 6.15. The Morgan fingerprint density at radius 3 is 2.43 bits per heavy atom. The van der Waals surface area contributed by atoms with E-state index in [9.17, 15) is 0 Å². The summed E-state index contributed by atoms with van der Waals surface area (Å²) in [4.78, 5) is 0. The van der Waals surface area contributed by atoms with Gasteiger partial charge < -0.3 is 10.5 Å². The van der Waals surface area contributed by atoms with Gasteiger partial charge in [0, 0.05) is 12.5 Å². The molecule has 1 saturated carbocycles. The van der Waals surface area contributed by atoms with E-state index in [1.165, 1.54) is 38.5 Å². The Morgan fingerprint density at radius 2 is 1.93 bits per heavy atom. The molecule has 0 aromatic carbocycles. The summed E-state index contributed by atoms with van der Waals surface area (Å²) in [6, 6.07) is 0. The fourth-order valence-electron chi connectivity index (χ4n) is 2.53. The molecule has 0 aromatic rings. The van der Waals surface area contributed by atoms with E-state index in [1.807, 2.05) is 6.92 Å². The summed E-state index contributed by atoms with van der Waals surface area (Å²) in [6.07, 6.45) is 8.62. The normalized spacial score (nSPS) is 22.5. The Kier molecular flexibility index (Phi) is 4.90. The van der Waals surface area contributed by atoms with E-state index in [0.29, 0.717) is 5.92 Å². The van der Waals surface area contributed by atoms with Crippen molar-refractivity contribution < 1.29 is 4.74 Å². The van der Waals surface area contributed by atoms with Crippen molar-refractivity contribution in [2.75, 3.05) is 6.61 Å². The highest BCUT2D eigenvalue weighted by molar-refractivity contribution is 4.85. The van der Waals surface area contributed by atoms with Crippen LogP contribution in [-0.4, -0.2) is 12.3 Å². The minimum Gasteiger partial charge on any atom is -0.361 e. The van der Waals surface area contributed by atoms with E-state index in [1.54, 1.807) is 0 Å². The Hall–Kier alpha value is -0.0800. The van der Waals surface area contributed by atoms with Crippen LogP contribution >= 0.6 is 0 Å². The molecule has 0 saturated heterocycles. The Balaban J connectivity index is 2.49. The number of hydrogen-bond acceptors (Lipinski definition) is 2. The first-order chi connectivity index (χ1) is 6.73. The molecule has 14 heavy (non-hydrogen) atoms. The third-order valence-electron chi connectivity index (χ3n) is 3.38. The highest BCUT2D eigenvalue weighted by Gasteiger charge is 2.36. The zero-order chi connectivity index (χ0) is 10.4. The highest BCUT2D eigenvalue weighted by Crippen LogP contribution is 2.36. The van der Waals surface area contributed by atoms with Crippen molar-refractivity contribution in [3.63, 3.8) is 0 Å². The third kappa shape index (κ3) is 2.96. The number of ether oxygens (including phenoxy) is 1. The van der Waals surface area contributed by atoms with Crippen LogP contribution in [-0.2, 0) is 4.74 Å². The van der Waals surface area contributed by atoms with Gasteiger partial charge in [-0.15, -0.1) is 0 Å². The maximum atomic E-state index is 6.38. The quantitative estimate of drug-likeness (QED) is 0.667. The fourth-order valence-corrected chi connectivity index (χ4v) is 2.53. The van der Waals surface area contributed by atoms with Crippen LogP contribution in [0.15, 0.2) is 0 Å². The summed E-state index contributed by atoms with van der Waals surface area (Å²) < 4.78 is 5.79. The first kappa shape index (κ1) is 12.0. The molecule has 1 aliphatic carbocycles. The number of hydrogen-bond donors (Lipinski definition) is 1. The highest BCUT2D eigenvalue weighted by atomic mass is 16.5. The van der Waals surface area contributed by atoms with Gasteiger partial charge in [0.05, 0.1) is 0 Å². The van der Waals surface area contributed by atoms with Gasteiger partial charge in [-0.25, -0.2) is 0 Å². The topological polar surface area (TPSA) is 35.2 Å². The smallest absolute Gasteiger partial charge is 0.119 e. The van der Waals surface area contributed by atoms with Crippen LogP contribution < -0.4 is 5.73 Å². The SMILES string of the molecule is CCCCC(N)(OCC)C1CCCC1. The second kappa shape index (κ2) is 5.72. The van der Waals surface area contributed by atoms with Crippen LogP contribution in [0.25, 0.3) is 0 Å². The van der Waals surface area contributed by atoms with Crippen molar-refractivity contribution in [2.45, 2.75) is 64.5 Å². The summed E-state index contributed by atoms with van der Waals surface area (Å²) in [5.41, 5.74) is 6.06. The first-order valence-corrected chi connectivity index (χ1v) is 6.15. The lowest BCUT2D eigenvalue weighted by Gasteiger charge is -2.35. The third-order valence-corrected chi connectivity index (χ3v) is 3.38. The molecule has 0 aliphatic heterocycles. The van der Waals surface area contributed by atoms with Gasteiger partial charge in [-0.1, -0.05) is 26.2 Å². The molecular formula is C12H25NO. The van der Waals surface area contributed by atoms with Gasteiger partial charge in [0.15, 0.2) is 0 Å². The van der Waals surface area contributed by atoms with Gasteiger partial charge in [-0.05, 0) is 32.6 Å². The van der Waals surface area contributed by atoms with Gasteiger partial charge in [0.1, 0.15) is 5.72 Å². The Bertz CT molecular complexity index is 154. The van der Waals surface area contributed by atoms with Crippen LogP contribution in [0.5, 0.6) is 0 Å². The maximum absolute atomic E-state index is 6.38. The lowest BCUT2D eigenvalue weighted by Crippen LogP contribution is -2.48. The summed E-state index contributed by atoms with van der Waals surface area (Å²) >= 11 is 0. The van der Waals surface area contributed by atoms with Gasteiger partial charge in [0.2, 0.25) is 0 Å². The summed E-state index contributed by atoms with van der Waals surface area (Å²) in [6.45, 7) is 5.00. The minimum absolute atomic E-state index is 0.318. The van der Waals surface area contributed by atoms with E-state index in [-0.39, 0.29) is 5.72 Å².